The minimum absolute atomic E-state index is 0.0833. The van der Waals surface area contributed by atoms with Crippen molar-refractivity contribution in [2.24, 2.45) is 0 Å². The third-order valence-electron chi connectivity index (χ3n) is 11.7. The molecule has 2 fully saturated rings. The molecule has 0 aliphatic carbocycles. The highest BCUT2D eigenvalue weighted by atomic mass is 16.8. The van der Waals surface area contributed by atoms with Gasteiger partial charge in [0, 0.05) is 7.11 Å². The molecule has 2 saturated heterocycles. The lowest BCUT2D eigenvalue weighted by Gasteiger charge is -2.49. The van der Waals surface area contributed by atoms with Crippen molar-refractivity contribution >= 4 is 0 Å². The number of benzene rings is 6. The first-order chi connectivity index (χ1) is 32.6. The summed E-state index contributed by atoms with van der Waals surface area (Å²) in [6.45, 7) is 1.83. The van der Waals surface area contributed by atoms with Gasteiger partial charge in [0.2, 0.25) is 0 Å². The average Bonchev–Trinajstić information content (AvgIpc) is 3.37. The zero-order valence-corrected chi connectivity index (χ0v) is 37.3. The van der Waals surface area contributed by atoms with Crippen LogP contribution in [0.15, 0.2) is 182 Å². The molecule has 0 saturated carbocycles. The van der Waals surface area contributed by atoms with Crippen LogP contribution in [0.25, 0.3) is 0 Å². The van der Waals surface area contributed by atoms with Crippen LogP contribution in [-0.2, 0) is 87.0 Å². The van der Waals surface area contributed by atoms with Gasteiger partial charge in [-0.05, 0) is 33.4 Å². The second-order valence-electron chi connectivity index (χ2n) is 16.5. The molecular weight excluding hydrogens is 837 g/mol. The molecule has 6 aromatic carbocycles. The van der Waals surface area contributed by atoms with Crippen LogP contribution in [0.3, 0.4) is 0 Å². The standard InChI is InChI=1S/C55H60O11/c1-57-54-48(56)51(61-35-43-26-14-5-15-27-43)50(47(64-54)39-59-33-41-22-10-3-11-23-41)66-55-53(63-37-45-30-18-7-19-31-45)52(62-36-44-28-16-6-17-29-44)49(60-34-42-24-12-4-13-25-42)46(65-55)38-58-32-40-20-8-2-9-21-40/h2-31,46-56H,32-39H2,1H3/t46-,47-,48+,49+,50-,51-,52+,53-,54-,55+/m1/s1. The van der Waals surface area contributed by atoms with E-state index in [4.69, 9.17) is 47.4 Å². The summed E-state index contributed by atoms with van der Waals surface area (Å²) in [6, 6.07) is 59.6. The minimum atomic E-state index is -1.25. The zero-order chi connectivity index (χ0) is 45.2. The SMILES string of the molecule is CO[C@@H]1O[C@H](COCc2ccccc2)[C@@H](O[C@@H]2O[C@H](COCc3ccccc3)[C@H](OCc3ccccc3)[C@H](OCc3ccccc3)[C@H]2OCc2ccccc2)[C@H](OCc2ccccc2)[C@@H]1O. The molecule has 10 atom stereocenters. The molecule has 1 N–H and O–H groups in total. The normalized spacial score (nSPS) is 25.4. The van der Waals surface area contributed by atoms with Gasteiger partial charge in [-0.3, -0.25) is 0 Å². The molecule has 0 spiro atoms. The highest BCUT2D eigenvalue weighted by molar-refractivity contribution is 5.18. The van der Waals surface area contributed by atoms with E-state index in [1.807, 2.05) is 182 Å². The Morgan fingerprint density at radius 3 is 1.08 bits per heavy atom. The van der Waals surface area contributed by atoms with E-state index in [0.717, 1.165) is 33.4 Å². The number of aliphatic hydroxyl groups excluding tert-OH is 1. The van der Waals surface area contributed by atoms with E-state index in [1.54, 1.807) is 0 Å². The number of hydrogen-bond donors (Lipinski definition) is 1. The molecule has 0 aromatic heterocycles. The fraction of sp³-hybridized carbons (Fsp3) is 0.345. The summed E-state index contributed by atoms with van der Waals surface area (Å²) >= 11 is 0. The number of ether oxygens (including phenoxy) is 10. The number of methoxy groups -OCH3 is 1. The fourth-order valence-electron chi connectivity index (χ4n) is 8.22. The van der Waals surface area contributed by atoms with E-state index < -0.39 is 61.4 Å². The summed E-state index contributed by atoms with van der Waals surface area (Å²) < 4.78 is 66.8. The van der Waals surface area contributed by atoms with Gasteiger partial charge in [-0.25, -0.2) is 0 Å². The van der Waals surface area contributed by atoms with Gasteiger partial charge in [-0.1, -0.05) is 182 Å². The second kappa shape index (κ2) is 25.1. The van der Waals surface area contributed by atoms with Crippen LogP contribution in [0.2, 0.25) is 0 Å². The molecule has 2 heterocycles. The number of aliphatic hydroxyl groups is 1. The van der Waals surface area contributed by atoms with Crippen molar-refractivity contribution in [1.29, 1.82) is 0 Å². The van der Waals surface area contributed by atoms with Gasteiger partial charge in [0.15, 0.2) is 12.6 Å². The van der Waals surface area contributed by atoms with Gasteiger partial charge in [-0.15, -0.1) is 0 Å². The highest BCUT2D eigenvalue weighted by Gasteiger charge is 2.54. The predicted octanol–water partition coefficient (Wildman–Crippen LogP) is 8.60. The lowest BCUT2D eigenvalue weighted by atomic mass is 9.96. The Labute approximate surface area is 388 Å². The lowest BCUT2D eigenvalue weighted by Crippen LogP contribution is -2.66. The van der Waals surface area contributed by atoms with Gasteiger partial charge in [0.1, 0.15) is 48.8 Å². The highest BCUT2D eigenvalue weighted by Crippen LogP contribution is 2.36. The predicted molar refractivity (Wildman–Crippen MR) is 247 cm³/mol. The molecule has 0 radical (unpaired) electrons. The number of rotatable bonds is 23. The monoisotopic (exact) mass is 896 g/mol. The van der Waals surface area contributed by atoms with Crippen molar-refractivity contribution in [1.82, 2.24) is 0 Å². The molecule has 66 heavy (non-hydrogen) atoms. The third kappa shape index (κ3) is 13.5. The molecule has 11 heteroatoms. The molecule has 346 valence electrons. The second-order valence-corrected chi connectivity index (χ2v) is 16.5. The Kier molecular flexibility index (Phi) is 18.0. The molecular formula is C55H60O11. The summed E-state index contributed by atoms with van der Waals surface area (Å²) in [5, 5.41) is 12.0. The fourth-order valence-corrected chi connectivity index (χ4v) is 8.22. The first-order valence-corrected chi connectivity index (χ1v) is 22.6. The van der Waals surface area contributed by atoms with Crippen molar-refractivity contribution in [3.63, 3.8) is 0 Å². The molecule has 0 bridgehead atoms. The Bertz CT molecular complexity index is 2220. The van der Waals surface area contributed by atoms with Gasteiger partial charge < -0.3 is 52.5 Å². The van der Waals surface area contributed by atoms with Crippen LogP contribution < -0.4 is 0 Å². The molecule has 0 unspecified atom stereocenters. The van der Waals surface area contributed by atoms with E-state index in [2.05, 4.69) is 0 Å². The van der Waals surface area contributed by atoms with E-state index >= 15 is 0 Å². The topological polar surface area (TPSA) is 113 Å². The molecule has 6 aromatic rings. The van der Waals surface area contributed by atoms with Crippen LogP contribution in [0, 0.1) is 0 Å². The summed E-state index contributed by atoms with van der Waals surface area (Å²) in [4.78, 5) is 0. The van der Waals surface area contributed by atoms with E-state index in [-0.39, 0.29) is 39.6 Å². The number of hydrogen-bond acceptors (Lipinski definition) is 11. The van der Waals surface area contributed by atoms with E-state index in [9.17, 15) is 5.11 Å². The van der Waals surface area contributed by atoms with Crippen LogP contribution in [-0.4, -0.2) is 86.8 Å². The Morgan fingerprint density at radius 2 is 0.682 bits per heavy atom. The Hall–Kier alpha value is -5.12. The largest absolute Gasteiger partial charge is 0.385 e. The maximum absolute atomic E-state index is 12.0. The molecule has 8 rings (SSSR count). The first-order valence-electron chi connectivity index (χ1n) is 22.6. The van der Waals surface area contributed by atoms with Crippen molar-refractivity contribution in [2.75, 3.05) is 20.3 Å². The molecule has 11 nitrogen and oxygen atoms in total. The van der Waals surface area contributed by atoms with Crippen LogP contribution in [0.1, 0.15) is 33.4 Å². The third-order valence-corrected chi connectivity index (χ3v) is 11.7. The van der Waals surface area contributed by atoms with Crippen LogP contribution in [0.4, 0.5) is 0 Å². The maximum atomic E-state index is 12.0. The Morgan fingerprint density at radius 1 is 0.364 bits per heavy atom. The summed E-state index contributed by atoms with van der Waals surface area (Å²) in [7, 11) is 1.49. The maximum Gasteiger partial charge on any atom is 0.187 e. The van der Waals surface area contributed by atoms with Crippen LogP contribution >= 0.6 is 0 Å². The Balaban J connectivity index is 1.16. The van der Waals surface area contributed by atoms with Crippen LogP contribution in [0.5, 0.6) is 0 Å². The molecule has 2 aliphatic heterocycles. The van der Waals surface area contributed by atoms with Gasteiger partial charge in [0.05, 0.1) is 52.9 Å². The first kappa shape index (κ1) is 47.4. The quantitative estimate of drug-likeness (QED) is 0.0668. The van der Waals surface area contributed by atoms with Gasteiger partial charge in [0.25, 0.3) is 0 Å². The van der Waals surface area contributed by atoms with Crippen molar-refractivity contribution in [3.05, 3.63) is 215 Å². The average molecular weight is 897 g/mol. The van der Waals surface area contributed by atoms with Gasteiger partial charge >= 0.3 is 0 Å². The summed E-state index contributed by atoms with van der Waals surface area (Å²) in [6.07, 6.45) is -9.14. The summed E-state index contributed by atoms with van der Waals surface area (Å²) in [5.41, 5.74) is 5.84. The lowest BCUT2D eigenvalue weighted by molar-refractivity contribution is -0.373. The van der Waals surface area contributed by atoms with E-state index in [1.165, 1.54) is 7.11 Å². The van der Waals surface area contributed by atoms with E-state index in [0.29, 0.717) is 13.2 Å². The minimum Gasteiger partial charge on any atom is -0.385 e. The zero-order valence-electron chi connectivity index (χ0n) is 37.3. The summed E-state index contributed by atoms with van der Waals surface area (Å²) in [5.74, 6) is 0. The van der Waals surface area contributed by atoms with Gasteiger partial charge in [-0.2, -0.15) is 0 Å². The molecule has 0 amide bonds. The molecule has 2 aliphatic rings. The van der Waals surface area contributed by atoms with Crippen molar-refractivity contribution in [2.45, 2.75) is 101 Å². The van der Waals surface area contributed by atoms with Crippen molar-refractivity contribution in [3.8, 4) is 0 Å². The smallest absolute Gasteiger partial charge is 0.187 e. The van der Waals surface area contributed by atoms with Crippen molar-refractivity contribution < 1.29 is 52.5 Å².